The molecular weight excluding hydrogens is 208 g/mol. The molecule has 1 rings (SSSR count). The molecule has 0 saturated heterocycles. The Labute approximate surface area is 106 Å². The average molecular weight is 236 g/mol. The van der Waals surface area contributed by atoms with Crippen LogP contribution in [0.2, 0.25) is 0 Å². The van der Waals surface area contributed by atoms with E-state index < -0.39 is 0 Å². The standard InChI is InChI=1S/C15H28N2/c1-4-6-7-8-10-15(9-5-2)13-17-12-11-14(3)16-17/h11-12,15H,4-10,13H2,1-3H3. The molecule has 0 aliphatic carbocycles. The second-order valence-electron chi connectivity index (χ2n) is 5.18. The molecule has 98 valence electrons. The highest BCUT2D eigenvalue weighted by Gasteiger charge is 2.09. The van der Waals surface area contributed by atoms with Crippen molar-refractivity contribution < 1.29 is 0 Å². The van der Waals surface area contributed by atoms with Gasteiger partial charge in [0.25, 0.3) is 0 Å². The lowest BCUT2D eigenvalue weighted by Gasteiger charge is -2.16. The Bertz CT molecular complexity index is 291. The van der Waals surface area contributed by atoms with Crippen molar-refractivity contribution in [3.63, 3.8) is 0 Å². The Morgan fingerprint density at radius 3 is 2.53 bits per heavy atom. The second-order valence-corrected chi connectivity index (χ2v) is 5.18. The fraction of sp³-hybridized carbons (Fsp3) is 0.800. The average Bonchev–Trinajstić information content (AvgIpc) is 2.70. The van der Waals surface area contributed by atoms with Crippen molar-refractivity contribution >= 4 is 0 Å². The fourth-order valence-electron chi connectivity index (χ4n) is 2.42. The largest absolute Gasteiger partial charge is 0.272 e. The highest BCUT2D eigenvalue weighted by atomic mass is 15.3. The van der Waals surface area contributed by atoms with Crippen LogP contribution in [-0.2, 0) is 6.54 Å². The summed E-state index contributed by atoms with van der Waals surface area (Å²) in [5.41, 5.74) is 1.13. The summed E-state index contributed by atoms with van der Waals surface area (Å²) < 4.78 is 2.12. The summed E-state index contributed by atoms with van der Waals surface area (Å²) in [4.78, 5) is 0. The Hall–Kier alpha value is -0.790. The van der Waals surface area contributed by atoms with Crippen LogP contribution in [0.3, 0.4) is 0 Å². The summed E-state index contributed by atoms with van der Waals surface area (Å²) in [5, 5.41) is 4.49. The third kappa shape index (κ3) is 5.90. The van der Waals surface area contributed by atoms with Gasteiger partial charge in [0.15, 0.2) is 0 Å². The highest BCUT2D eigenvalue weighted by Crippen LogP contribution is 2.18. The molecule has 2 heteroatoms. The monoisotopic (exact) mass is 236 g/mol. The van der Waals surface area contributed by atoms with Gasteiger partial charge < -0.3 is 0 Å². The Balaban J connectivity index is 2.32. The van der Waals surface area contributed by atoms with Gasteiger partial charge in [-0.15, -0.1) is 0 Å². The summed E-state index contributed by atoms with van der Waals surface area (Å²) in [6.07, 6.45) is 11.6. The second kappa shape index (κ2) is 8.32. The van der Waals surface area contributed by atoms with Crippen LogP contribution in [0.1, 0.15) is 64.5 Å². The minimum Gasteiger partial charge on any atom is -0.272 e. The molecule has 0 aliphatic heterocycles. The zero-order valence-electron chi connectivity index (χ0n) is 11.8. The number of hydrogen-bond acceptors (Lipinski definition) is 1. The van der Waals surface area contributed by atoms with Gasteiger partial charge in [0.1, 0.15) is 0 Å². The van der Waals surface area contributed by atoms with E-state index in [2.05, 4.69) is 42.8 Å². The predicted octanol–water partition coefficient (Wildman–Crippen LogP) is 4.58. The highest BCUT2D eigenvalue weighted by molar-refractivity contribution is 4.94. The lowest BCUT2D eigenvalue weighted by Crippen LogP contribution is -2.11. The number of rotatable bonds is 9. The molecule has 1 heterocycles. The lowest BCUT2D eigenvalue weighted by atomic mass is 9.96. The molecule has 0 saturated carbocycles. The lowest BCUT2D eigenvalue weighted by molar-refractivity contribution is 0.353. The third-order valence-electron chi connectivity index (χ3n) is 3.38. The van der Waals surface area contributed by atoms with Gasteiger partial charge in [-0.1, -0.05) is 46.0 Å². The van der Waals surface area contributed by atoms with Gasteiger partial charge in [-0.25, -0.2) is 0 Å². The van der Waals surface area contributed by atoms with Crippen molar-refractivity contribution in [3.8, 4) is 0 Å². The van der Waals surface area contributed by atoms with E-state index in [4.69, 9.17) is 0 Å². The van der Waals surface area contributed by atoms with Crippen LogP contribution >= 0.6 is 0 Å². The first-order valence-electron chi connectivity index (χ1n) is 7.26. The zero-order valence-corrected chi connectivity index (χ0v) is 11.8. The smallest absolute Gasteiger partial charge is 0.0593 e. The molecule has 0 fully saturated rings. The van der Waals surface area contributed by atoms with Crippen LogP contribution in [0.25, 0.3) is 0 Å². The van der Waals surface area contributed by atoms with Gasteiger partial charge >= 0.3 is 0 Å². The van der Waals surface area contributed by atoms with Gasteiger partial charge in [0, 0.05) is 12.7 Å². The zero-order chi connectivity index (χ0) is 12.5. The number of hydrogen-bond donors (Lipinski definition) is 0. The van der Waals surface area contributed by atoms with E-state index in [1.165, 1.54) is 44.9 Å². The molecule has 0 N–H and O–H groups in total. The molecule has 1 unspecified atom stereocenters. The third-order valence-corrected chi connectivity index (χ3v) is 3.38. The number of aryl methyl sites for hydroxylation is 1. The Kier molecular flexibility index (Phi) is 6.99. The summed E-state index contributed by atoms with van der Waals surface area (Å²) >= 11 is 0. The van der Waals surface area contributed by atoms with Crippen molar-refractivity contribution in [2.75, 3.05) is 0 Å². The maximum absolute atomic E-state index is 4.49. The molecule has 1 atom stereocenters. The van der Waals surface area contributed by atoms with E-state index in [1.807, 2.05) is 0 Å². The van der Waals surface area contributed by atoms with Crippen LogP contribution in [0.15, 0.2) is 12.3 Å². The van der Waals surface area contributed by atoms with E-state index in [0.717, 1.165) is 18.2 Å². The summed E-state index contributed by atoms with van der Waals surface area (Å²) in [7, 11) is 0. The molecular formula is C15H28N2. The summed E-state index contributed by atoms with van der Waals surface area (Å²) in [5.74, 6) is 0.816. The number of unbranched alkanes of at least 4 members (excludes halogenated alkanes) is 3. The first kappa shape index (κ1) is 14.3. The summed E-state index contributed by atoms with van der Waals surface area (Å²) in [6, 6.07) is 2.10. The SMILES string of the molecule is CCCCCCC(CCC)Cn1ccc(C)n1. The molecule has 0 aromatic carbocycles. The molecule has 2 nitrogen and oxygen atoms in total. The van der Waals surface area contributed by atoms with E-state index >= 15 is 0 Å². The molecule has 0 bridgehead atoms. The fourth-order valence-corrected chi connectivity index (χ4v) is 2.42. The maximum atomic E-state index is 4.49. The minimum absolute atomic E-state index is 0.816. The minimum atomic E-state index is 0.816. The van der Waals surface area contributed by atoms with Gasteiger partial charge in [-0.05, 0) is 31.7 Å². The van der Waals surface area contributed by atoms with Crippen molar-refractivity contribution in [2.24, 2.45) is 5.92 Å². The molecule has 0 aliphatic rings. The number of aromatic nitrogens is 2. The van der Waals surface area contributed by atoms with Crippen molar-refractivity contribution in [1.29, 1.82) is 0 Å². The molecule has 0 spiro atoms. The first-order chi connectivity index (χ1) is 8.26. The van der Waals surface area contributed by atoms with E-state index in [1.54, 1.807) is 0 Å². The maximum Gasteiger partial charge on any atom is 0.0593 e. The van der Waals surface area contributed by atoms with Crippen molar-refractivity contribution in [3.05, 3.63) is 18.0 Å². The normalized spacial score (nSPS) is 12.9. The van der Waals surface area contributed by atoms with E-state index in [-0.39, 0.29) is 0 Å². The van der Waals surface area contributed by atoms with Gasteiger partial charge in [-0.3, -0.25) is 4.68 Å². The Morgan fingerprint density at radius 2 is 1.94 bits per heavy atom. The molecule has 17 heavy (non-hydrogen) atoms. The number of nitrogens with zero attached hydrogens (tertiary/aromatic N) is 2. The van der Waals surface area contributed by atoms with Crippen molar-refractivity contribution in [1.82, 2.24) is 9.78 Å². The van der Waals surface area contributed by atoms with Crippen molar-refractivity contribution in [2.45, 2.75) is 72.3 Å². The Morgan fingerprint density at radius 1 is 1.12 bits per heavy atom. The van der Waals surface area contributed by atoms with Crippen LogP contribution < -0.4 is 0 Å². The van der Waals surface area contributed by atoms with Crippen LogP contribution in [0, 0.1) is 12.8 Å². The first-order valence-corrected chi connectivity index (χ1v) is 7.26. The van der Waals surface area contributed by atoms with Gasteiger partial charge in [0.2, 0.25) is 0 Å². The van der Waals surface area contributed by atoms with E-state index in [0.29, 0.717) is 0 Å². The molecule has 1 aromatic heterocycles. The molecule has 1 aromatic rings. The van der Waals surface area contributed by atoms with Crippen LogP contribution in [0.4, 0.5) is 0 Å². The van der Waals surface area contributed by atoms with Gasteiger partial charge in [0.05, 0.1) is 5.69 Å². The van der Waals surface area contributed by atoms with Crippen LogP contribution in [-0.4, -0.2) is 9.78 Å². The molecule has 0 amide bonds. The molecule has 0 radical (unpaired) electrons. The quantitative estimate of drug-likeness (QED) is 0.574. The van der Waals surface area contributed by atoms with Gasteiger partial charge in [-0.2, -0.15) is 5.10 Å². The summed E-state index contributed by atoms with van der Waals surface area (Å²) in [6.45, 7) is 7.73. The topological polar surface area (TPSA) is 17.8 Å². The van der Waals surface area contributed by atoms with Crippen LogP contribution in [0.5, 0.6) is 0 Å². The predicted molar refractivity (Wildman–Crippen MR) is 74.1 cm³/mol. The van der Waals surface area contributed by atoms with E-state index in [9.17, 15) is 0 Å².